The number of likely N-dealkylation sites (tertiary alicyclic amines) is 1. The van der Waals surface area contributed by atoms with Crippen molar-refractivity contribution in [2.45, 2.75) is 40.0 Å². The quantitative estimate of drug-likeness (QED) is 0.605. The van der Waals surface area contributed by atoms with Crippen molar-refractivity contribution in [3.05, 3.63) is 33.9 Å². The van der Waals surface area contributed by atoms with Crippen molar-refractivity contribution in [1.29, 1.82) is 0 Å². The molecule has 0 spiro atoms. The van der Waals surface area contributed by atoms with Gasteiger partial charge in [0.15, 0.2) is 0 Å². The number of carbonyl (C=O) groups is 1. The van der Waals surface area contributed by atoms with Crippen LogP contribution in [0.2, 0.25) is 0 Å². The minimum Gasteiger partial charge on any atom is -0.365 e. The smallest absolute Gasteiger partial charge is 0.293 e. The molecule has 1 aromatic carbocycles. The molecule has 0 saturated carbocycles. The van der Waals surface area contributed by atoms with E-state index in [1.807, 2.05) is 4.90 Å². The van der Waals surface area contributed by atoms with Crippen molar-refractivity contribution in [2.75, 3.05) is 31.1 Å². The Morgan fingerprint density at radius 3 is 2.42 bits per heavy atom. The minimum absolute atomic E-state index is 0.0437. The van der Waals surface area contributed by atoms with Gasteiger partial charge in [-0.15, -0.1) is 0 Å². The van der Waals surface area contributed by atoms with E-state index in [0.29, 0.717) is 29.0 Å². The lowest BCUT2D eigenvalue weighted by molar-refractivity contribution is -0.384. The van der Waals surface area contributed by atoms with Gasteiger partial charge in [0.25, 0.3) is 11.6 Å². The molecule has 0 aromatic heterocycles. The molecule has 2 aliphatic rings. The fourth-order valence-electron chi connectivity index (χ4n) is 4.49. The van der Waals surface area contributed by atoms with E-state index in [-0.39, 0.29) is 16.5 Å². The van der Waals surface area contributed by atoms with E-state index < -0.39 is 0 Å². The standard InChI is InChI=1S/C20H29N3O3/c1-14-5-4-8-21(11-14)20(24)17-6-7-18(19(10-17)23(25)26)22-12-15(2)9-16(3)13-22/h6-7,10,14-16H,4-5,8-9,11-13H2,1-3H3. The molecule has 1 amide bonds. The zero-order valence-electron chi connectivity index (χ0n) is 16.0. The average Bonchev–Trinajstić information content (AvgIpc) is 2.59. The van der Waals surface area contributed by atoms with Gasteiger partial charge in [-0.2, -0.15) is 0 Å². The first-order valence-corrected chi connectivity index (χ1v) is 9.67. The van der Waals surface area contributed by atoms with Gasteiger partial charge in [0.2, 0.25) is 0 Å². The molecule has 1 aromatic rings. The zero-order chi connectivity index (χ0) is 18.8. The number of rotatable bonds is 3. The SMILES string of the molecule is CC1CCCN(C(=O)c2ccc(N3CC(C)CC(C)C3)c([N+](=O)[O-])c2)C1. The molecule has 142 valence electrons. The minimum atomic E-state index is -0.352. The second kappa shape index (κ2) is 7.64. The first kappa shape index (κ1) is 18.7. The number of hydrogen-bond acceptors (Lipinski definition) is 4. The van der Waals surface area contributed by atoms with Crippen LogP contribution in [0.1, 0.15) is 50.4 Å². The maximum atomic E-state index is 12.8. The van der Waals surface area contributed by atoms with Crippen molar-refractivity contribution < 1.29 is 9.72 Å². The molecule has 0 bridgehead atoms. The van der Waals surface area contributed by atoms with Crippen LogP contribution in [-0.2, 0) is 0 Å². The predicted molar refractivity (Wildman–Crippen MR) is 103 cm³/mol. The van der Waals surface area contributed by atoms with E-state index in [0.717, 1.165) is 45.4 Å². The Balaban J connectivity index is 1.87. The fourth-order valence-corrected chi connectivity index (χ4v) is 4.49. The monoisotopic (exact) mass is 359 g/mol. The zero-order valence-corrected chi connectivity index (χ0v) is 16.0. The van der Waals surface area contributed by atoms with E-state index >= 15 is 0 Å². The lowest BCUT2D eigenvalue weighted by atomic mass is 9.91. The molecule has 2 fully saturated rings. The van der Waals surface area contributed by atoms with Gasteiger partial charge in [-0.1, -0.05) is 20.8 Å². The summed E-state index contributed by atoms with van der Waals surface area (Å²) in [7, 11) is 0. The van der Waals surface area contributed by atoms with Gasteiger partial charge in [0.1, 0.15) is 5.69 Å². The number of amides is 1. The summed E-state index contributed by atoms with van der Waals surface area (Å²) in [5.41, 5.74) is 1.10. The molecule has 2 saturated heterocycles. The third kappa shape index (κ3) is 4.00. The van der Waals surface area contributed by atoms with E-state index in [2.05, 4.69) is 25.7 Å². The molecule has 0 N–H and O–H groups in total. The van der Waals surface area contributed by atoms with E-state index in [1.54, 1.807) is 12.1 Å². The first-order chi connectivity index (χ1) is 12.3. The Kier molecular flexibility index (Phi) is 5.49. The second-order valence-electron chi connectivity index (χ2n) is 8.31. The highest BCUT2D eigenvalue weighted by Crippen LogP contribution is 2.34. The Morgan fingerprint density at radius 2 is 1.81 bits per heavy atom. The fraction of sp³-hybridized carbons (Fsp3) is 0.650. The highest BCUT2D eigenvalue weighted by Gasteiger charge is 2.29. The van der Waals surface area contributed by atoms with E-state index in [4.69, 9.17) is 0 Å². The number of benzene rings is 1. The van der Waals surface area contributed by atoms with Gasteiger partial charge < -0.3 is 9.80 Å². The third-order valence-corrected chi connectivity index (χ3v) is 5.57. The Bertz CT molecular complexity index is 681. The van der Waals surface area contributed by atoms with Gasteiger partial charge in [0, 0.05) is 37.8 Å². The number of anilines is 1. The Hall–Kier alpha value is -2.11. The van der Waals surface area contributed by atoms with Crippen LogP contribution >= 0.6 is 0 Å². The van der Waals surface area contributed by atoms with Crippen LogP contribution < -0.4 is 4.90 Å². The molecule has 3 atom stereocenters. The highest BCUT2D eigenvalue weighted by atomic mass is 16.6. The van der Waals surface area contributed by atoms with Crippen molar-refractivity contribution in [2.24, 2.45) is 17.8 Å². The summed E-state index contributed by atoms with van der Waals surface area (Å²) >= 11 is 0. The highest BCUT2D eigenvalue weighted by molar-refractivity contribution is 5.96. The topological polar surface area (TPSA) is 66.7 Å². The number of piperidine rings is 2. The number of nitro benzene ring substituents is 1. The maximum Gasteiger partial charge on any atom is 0.293 e. The van der Waals surface area contributed by atoms with Gasteiger partial charge >= 0.3 is 0 Å². The molecule has 6 heteroatoms. The lowest BCUT2D eigenvalue weighted by Crippen LogP contribution is -2.40. The van der Waals surface area contributed by atoms with Crippen LogP contribution in [0.5, 0.6) is 0 Å². The summed E-state index contributed by atoms with van der Waals surface area (Å²) in [6, 6.07) is 5.00. The summed E-state index contributed by atoms with van der Waals surface area (Å²) in [5, 5.41) is 11.7. The van der Waals surface area contributed by atoms with Gasteiger partial charge in [-0.25, -0.2) is 0 Å². The molecule has 0 radical (unpaired) electrons. The molecule has 2 heterocycles. The van der Waals surface area contributed by atoms with E-state index in [1.165, 1.54) is 6.07 Å². The average molecular weight is 359 g/mol. The van der Waals surface area contributed by atoms with Crippen molar-refractivity contribution >= 4 is 17.3 Å². The van der Waals surface area contributed by atoms with E-state index in [9.17, 15) is 14.9 Å². The van der Waals surface area contributed by atoms with Crippen molar-refractivity contribution in [3.8, 4) is 0 Å². The summed E-state index contributed by atoms with van der Waals surface area (Å²) in [5.74, 6) is 1.41. The Labute approximate surface area is 155 Å². The first-order valence-electron chi connectivity index (χ1n) is 9.67. The van der Waals surface area contributed by atoms with Crippen LogP contribution in [0.3, 0.4) is 0 Å². The maximum absolute atomic E-state index is 12.8. The normalized spacial score (nSPS) is 26.7. The number of carbonyl (C=O) groups excluding carboxylic acids is 1. The van der Waals surface area contributed by atoms with Crippen LogP contribution in [0.25, 0.3) is 0 Å². The molecular formula is C20H29N3O3. The lowest BCUT2D eigenvalue weighted by Gasteiger charge is -2.36. The van der Waals surface area contributed by atoms with Gasteiger partial charge in [-0.05, 0) is 49.1 Å². The second-order valence-corrected chi connectivity index (χ2v) is 8.31. The van der Waals surface area contributed by atoms with Crippen molar-refractivity contribution in [1.82, 2.24) is 4.90 Å². The summed E-state index contributed by atoms with van der Waals surface area (Å²) < 4.78 is 0. The summed E-state index contributed by atoms with van der Waals surface area (Å²) in [6.45, 7) is 9.62. The molecule has 2 aliphatic heterocycles. The van der Waals surface area contributed by atoms with Gasteiger partial charge in [-0.3, -0.25) is 14.9 Å². The van der Waals surface area contributed by atoms with Crippen LogP contribution in [0.4, 0.5) is 11.4 Å². The molecule has 3 unspecified atom stereocenters. The van der Waals surface area contributed by atoms with Crippen LogP contribution in [-0.4, -0.2) is 41.9 Å². The number of nitrogens with zero attached hydrogens (tertiary/aromatic N) is 3. The van der Waals surface area contributed by atoms with Crippen LogP contribution in [0, 0.1) is 27.9 Å². The summed E-state index contributed by atoms with van der Waals surface area (Å²) in [6.07, 6.45) is 3.28. The molecule has 3 rings (SSSR count). The Morgan fingerprint density at radius 1 is 1.12 bits per heavy atom. The molecule has 6 nitrogen and oxygen atoms in total. The molecular weight excluding hydrogens is 330 g/mol. The van der Waals surface area contributed by atoms with Crippen LogP contribution in [0.15, 0.2) is 18.2 Å². The van der Waals surface area contributed by atoms with Gasteiger partial charge in [0.05, 0.1) is 4.92 Å². The summed E-state index contributed by atoms with van der Waals surface area (Å²) in [4.78, 5) is 28.1. The molecule has 0 aliphatic carbocycles. The van der Waals surface area contributed by atoms with Crippen molar-refractivity contribution in [3.63, 3.8) is 0 Å². The molecule has 26 heavy (non-hydrogen) atoms. The number of nitro groups is 1. The third-order valence-electron chi connectivity index (χ3n) is 5.57. The number of hydrogen-bond donors (Lipinski definition) is 0. The predicted octanol–water partition coefficient (Wildman–Crippen LogP) is 3.95. The largest absolute Gasteiger partial charge is 0.365 e.